The number of thiophene rings is 1. The first-order valence-electron chi connectivity index (χ1n) is 11.6. The molecule has 0 saturated heterocycles. The molecule has 0 aliphatic carbocycles. The second-order valence-electron chi connectivity index (χ2n) is 8.66. The number of anilines is 1. The number of amides is 2. The van der Waals surface area contributed by atoms with E-state index in [0.717, 1.165) is 44.3 Å². The summed E-state index contributed by atoms with van der Waals surface area (Å²) in [5, 5.41) is 3.91. The molecule has 1 aromatic carbocycles. The molecule has 8 heteroatoms. The first-order valence-corrected chi connectivity index (χ1v) is 12.5. The van der Waals surface area contributed by atoms with Crippen LogP contribution in [0.5, 0.6) is 5.75 Å². The molecule has 2 aromatic heterocycles. The topological polar surface area (TPSA) is 83.9 Å². The number of aliphatic imine (C=N–C) groups is 1. The lowest BCUT2D eigenvalue weighted by Crippen LogP contribution is -2.36. The van der Waals surface area contributed by atoms with E-state index in [4.69, 9.17) is 4.74 Å². The SMILES string of the molecule is C=NCc1c(NC(=O)CCc2cc(C)ccc2OC)sc2c1CCN(C(=O)Cc1cccnc1)C2. The number of methoxy groups -OCH3 is 1. The smallest absolute Gasteiger partial charge is 0.227 e. The van der Waals surface area contributed by atoms with E-state index < -0.39 is 0 Å². The molecule has 1 aliphatic rings. The Bertz CT molecular complexity index is 1220. The summed E-state index contributed by atoms with van der Waals surface area (Å²) in [4.78, 5) is 36.9. The van der Waals surface area contributed by atoms with Gasteiger partial charge in [-0.1, -0.05) is 23.8 Å². The van der Waals surface area contributed by atoms with E-state index in [2.05, 4.69) is 28.1 Å². The van der Waals surface area contributed by atoms with E-state index in [1.165, 1.54) is 16.9 Å². The second-order valence-corrected chi connectivity index (χ2v) is 9.77. The van der Waals surface area contributed by atoms with Crippen molar-refractivity contribution in [1.29, 1.82) is 0 Å². The quantitative estimate of drug-likeness (QED) is 0.452. The van der Waals surface area contributed by atoms with E-state index in [-0.39, 0.29) is 11.8 Å². The first-order chi connectivity index (χ1) is 17.0. The maximum absolute atomic E-state index is 12.9. The van der Waals surface area contributed by atoms with Crippen LogP contribution in [0.4, 0.5) is 5.00 Å². The van der Waals surface area contributed by atoms with E-state index >= 15 is 0 Å². The number of rotatable bonds is 9. The molecule has 3 aromatic rings. The van der Waals surface area contributed by atoms with Gasteiger partial charge in [0.2, 0.25) is 11.8 Å². The van der Waals surface area contributed by atoms with Crippen LogP contribution in [0.1, 0.15) is 39.1 Å². The van der Waals surface area contributed by atoms with Gasteiger partial charge in [-0.05, 0) is 55.3 Å². The number of nitrogens with zero attached hydrogens (tertiary/aromatic N) is 3. The van der Waals surface area contributed by atoms with Gasteiger partial charge in [-0.2, -0.15) is 0 Å². The number of pyridine rings is 1. The predicted molar refractivity (Wildman–Crippen MR) is 139 cm³/mol. The Morgan fingerprint density at radius 3 is 2.91 bits per heavy atom. The third-order valence-electron chi connectivity index (χ3n) is 6.18. The highest BCUT2D eigenvalue weighted by atomic mass is 32.1. The number of aryl methyl sites for hydroxylation is 2. The number of hydrogen-bond acceptors (Lipinski definition) is 6. The summed E-state index contributed by atoms with van der Waals surface area (Å²) < 4.78 is 5.44. The average Bonchev–Trinajstić information content (AvgIpc) is 3.19. The molecule has 1 aliphatic heterocycles. The van der Waals surface area contributed by atoms with Gasteiger partial charge in [-0.25, -0.2) is 0 Å². The van der Waals surface area contributed by atoms with Crippen molar-refractivity contribution in [2.24, 2.45) is 4.99 Å². The Morgan fingerprint density at radius 2 is 2.17 bits per heavy atom. The molecule has 35 heavy (non-hydrogen) atoms. The molecule has 7 nitrogen and oxygen atoms in total. The number of benzene rings is 1. The number of ether oxygens (including phenoxy) is 1. The molecule has 182 valence electrons. The van der Waals surface area contributed by atoms with Gasteiger partial charge in [-0.3, -0.25) is 19.6 Å². The summed E-state index contributed by atoms with van der Waals surface area (Å²) >= 11 is 1.54. The van der Waals surface area contributed by atoms with Gasteiger partial charge < -0.3 is 15.0 Å². The van der Waals surface area contributed by atoms with E-state index in [9.17, 15) is 9.59 Å². The van der Waals surface area contributed by atoms with Gasteiger partial charge in [0, 0.05) is 35.8 Å². The minimum absolute atomic E-state index is 0.0537. The minimum atomic E-state index is -0.0537. The minimum Gasteiger partial charge on any atom is -0.496 e. The fraction of sp³-hybridized carbons (Fsp3) is 0.333. The van der Waals surface area contributed by atoms with Crippen LogP contribution < -0.4 is 10.1 Å². The van der Waals surface area contributed by atoms with Crippen LogP contribution in [0, 0.1) is 6.92 Å². The highest BCUT2D eigenvalue weighted by molar-refractivity contribution is 7.16. The van der Waals surface area contributed by atoms with Gasteiger partial charge in [0.1, 0.15) is 10.8 Å². The summed E-state index contributed by atoms with van der Waals surface area (Å²) in [7, 11) is 1.64. The van der Waals surface area contributed by atoms with Gasteiger partial charge in [0.15, 0.2) is 0 Å². The number of hydrogen-bond donors (Lipinski definition) is 1. The Balaban J connectivity index is 1.44. The lowest BCUT2D eigenvalue weighted by Gasteiger charge is -2.27. The van der Waals surface area contributed by atoms with Crippen LogP contribution in [0.3, 0.4) is 0 Å². The Morgan fingerprint density at radius 1 is 1.31 bits per heavy atom. The van der Waals surface area contributed by atoms with Gasteiger partial charge in [-0.15, -0.1) is 11.3 Å². The number of fused-ring (bicyclic) bond motifs is 1. The third kappa shape index (κ3) is 5.95. The number of carbonyl (C=O) groups excluding carboxylic acids is 2. The number of aromatic nitrogens is 1. The van der Waals surface area contributed by atoms with Crippen molar-refractivity contribution in [3.05, 3.63) is 75.4 Å². The maximum atomic E-state index is 12.9. The third-order valence-corrected chi connectivity index (χ3v) is 7.35. The monoisotopic (exact) mass is 490 g/mol. The van der Waals surface area contributed by atoms with Gasteiger partial charge >= 0.3 is 0 Å². The summed E-state index contributed by atoms with van der Waals surface area (Å²) in [6.07, 6.45) is 5.45. The van der Waals surface area contributed by atoms with Crippen molar-refractivity contribution >= 4 is 34.9 Å². The van der Waals surface area contributed by atoms with Crippen LogP contribution >= 0.6 is 11.3 Å². The predicted octanol–water partition coefficient (Wildman–Crippen LogP) is 4.36. The Hall–Kier alpha value is -3.52. The molecule has 0 spiro atoms. The van der Waals surface area contributed by atoms with Crippen molar-refractivity contribution in [2.45, 2.75) is 45.7 Å². The van der Waals surface area contributed by atoms with E-state index in [0.29, 0.717) is 38.9 Å². The Labute approximate surface area is 209 Å². The standard InChI is InChI=1S/C27H30N4O3S/c1-18-6-8-23(34-3)20(13-18)7-9-25(32)30-27-22(16-28-2)21-10-12-31(17-24(21)35-27)26(33)14-19-5-4-11-29-15-19/h4-6,8,11,13,15H,2,7,9-10,12,14,16-17H2,1,3H3,(H,30,32). The first kappa shape index (κ1) is 24.6. The zero-order valence-electron chi connectivity index (χ0n) is 20.2. The second kappa shape index (κ2) is 11.3. The lowest BCUT2D eigenvalue weighted by molar-refractivity contribution is -0.131. The van der Waals surface area contributed by atoms with E-state index in [1.807, 2.05) is 36.1 Å². The van der Waals surface area contributed by atoms with Crippen molar-refractivity contribution in [2.75, 3.05) is 19.0 Å². The highest BCUT2D eigenvalue weighted by Crippen LogP contribution is 2.38. The molecule has 0 fully saturated rings. The molecule has 0 unspecified atom stereocenters. The molecule has 4 rings (SSSR count). The largest absolute Gasteiger partial charge is 0.496 e. The molecule has 1 N–H and O–H groups in total. The van der Waals surface area contributed by atoms with Crippen molar-refractivity contribution < 1.29 is 14.3 Å². The van der Waals surface area contributed by atoms with Crippen molar-refractivity contribution in [1.82, 2.24) is 9.88 Å². The summed E-state index contributed by atoms with van der Waals surface area (Å²) in [6, 6.07) is 9.75. The summed E-state index contributed by atoms with van der Waals surface area (Å²) in [5.41, 5.74) is 5.26. The van der Waals surface area contributed by atoms with Gasteiger partial charge in [0.05, 0.1) is 26.6 Å². The van der Waals surface area contributed by atoms with Crippen molar-refractivity contribution in [3.8, 4) is 5.75 Å². The molecule has 0 radical (unpaired) electrons. The average molecular weight is 491 g/mol. The van der Waals surface area contributed by atoms with Crippen LogP contribution in [-0.4, -0.2) is 42.1 Å². The van der Waals surface area contributed by atoms with Crippen LogP contribution in [0.2, 0.25) is 0 Å². The zero-order chi connectivity index (χ0) is 24.8. The number of carbonyl (C=O) groups is 2. The fourth-order valence-electron chi connectivity index (χ4n) is 4.39. The molecular formula is C27H30N4O3S. The molecular weight excluding hydrogens is 460 g/mol. The zero-order valence-corrected chi connectivity index (χ0v) is 21.0. The highest BCUT2D eigenvalue weighted by Gasteiger charge is 2.27. The van der Waals surface area contributed by atoms with E-state index in [1.54, 1.807) is 19.5 Å². The molecule has 0 atom stereocenters. The maximum Gasteiger partial charge on any atom is 0.227 e. The molecule has 0 bridgehead atoms. The normalized spacial score (nSPS) is 12.7. The summed E-state index contributed by atoms with van der Waals surface area (Å²) in [5.74, 6) is 0.822. The Kier molecular flexibility index (Phi) is 7.92. The van der Waals surface area contributed by atoms with Crippen LogP contribution in [0.25, 0.3) is 0 Å². The lowest BCUT2D eigenvalue weighted by atomic mass is 10.0. The van der Waals surface area contributed by atoms with Crippen LogP contribution in [-0.2, 0) is 41.9 Å². The summed E-state index contributed by atoms with van der Waals surface area (Å²) in [6.45, 7) is 7.31. The fourth-order valence-corrected chi connectivity index (χ4v) is 5.68. The molecule has 0 saturated carbocycles. The molecule has 3 heterocycles. The van der Waals surface area contributed by atoms with Crippen molar-refractivity contribution in [3.63, 3.8) is 0 Å². The number of nitrogens with one attached hydrogen (secondary N) is 1. The molecule has 2 amide bonds. The van der Waals surface area contributed by atoms with Crippen LogP contribution in [0.15, 0.2) is 47.7 Å². The van der Waals surface area contributed by atoms with Gasteiger partial charge in [0.25, 0.3) is 0 Å².